The Hall–Kier alpha value is -1.06. The second kappa shape index (κ2) is 2.79. The largest absolute Gasteiger partial charge is 0.481 e. The average molecular weight is 223 g/mol. The Labute approximate surface area is 94.6 Å². The molecular weight excluding hydrogens is 206 g/mol. The van der Waals surface area contributed by atoms with Crippen LogP contribution in [0.5, 0.6) is 0 Å². The zero-order valence-corrected chi connectivity index (χ0v) is 9.64. The molecular formula is C12H17NO3. The number of amides is 1. The van der Waals surface area contributed by atoms with Gasteiger partial charge in [-0.3, -0.25) is 9.59 Å². The van der Waals surface area contributed by atoms with Crippen LogP contribution in [0.15, 0.2) is 0 Å². The molecule has 0 bridgehead atoms. The SMILES string of the molecule is CC1(C)C2CN(C(=O)C3CC3C(=O)O)CC21. The lowest BCUT2D eigenvalue weighted by Crippen LogP contribution is -2.34. The van der Waals surface area contributed by atoms with Crippen molar-refractivity contribution in [3.8, 4) is 0 Å². The van der Waals surface area contributed by atoms with Crippen molar-refractivity contribution < 1.29 is 14.7 Å². The van der Waals surface area contributed by atoms with Crippen LogP contribution in [-0.4, -0.2) is 35.0 Å². The van der Waals surface area contributed by atoms with E-state index in [0.29, 0.717) is 23.7 Å². The van der Waals surface area contributed by atoms with Crippen LogP contribution >= 0.6 is 0 Å². The van der Waals surface area contributed by atoms with Gasteiger partial charge < -0.3 is 10.0 Å². The third-order valence-electron chi connectivity index (χ3n) is 4.86. The van der Waals surface area contributed by atoms with Crippen LogP contribution in [0.25, 0.3) is 0 Å². The maximum absolute atomic E-state index is 12.0. The summed E-state index contributed by atoms with van der Waals surface area (Å²) in [7, 11) is 0. The molecule has 0 aromatic carbocycles. The van der Waals surface area contributed by atoms with Crippen LogP contribution in [-0.2, 0) is 9.59 Å². The van der Waals surface area contributed by atoms with Crippen molar-refractivity contribution in [1.29, 1.82) is 0 Å². The van der Waals surface area contributed by atoms with E-state index in [2.05, 4.69) is 13.8 Å². The Kier molecular flexibility index (Phi) is 1.76. The van der Waals surface area contributed by atoms with Crippen LogP contribution in [0, 0.1) is 29.1 Å². The molecule has 3 aliphatic rings. The predicted octanol–water partition coefficient (Wildman–Crippen LogP) is 0.821. The summed E-state index contributed by atoms with van der Waals surface area (Å²) in [4.78, 5) is 24.5. The fraction of sp³-hybridized carbons (Fsp3) is 0.833. The third-order valence-corrected chi connectivity index (χ3v) is 4.86. The van der Waals surface area contributed by atoms with Crippen LogP contribution in [0.2, 0.25) is 0 Å². The highest BCUT2D eigenvalue weighted by atomic mass is 16.4. The maximum Gasteiger partial charge on any atom is 0.307 e. The smallest absolute Gasteiger partial charge is 0.307 e. The van der Waals surface area contributed by atoms with Gasteiger partial charge >= 0.3 is 5.97 Å². The molecule has 4 unspecified atom stereocenters. The summed E-state index contributed by atoms with van der Waals surface area (Å²) in [5, 5.41) is 8.79. The number of rotatable bonds is 2. The van der Waals surface area contributed by atoms with E-state index in [1.54, 1.807) is 0 Å². The molecule has 0 aromatic rings. The van der Waals surface area contributed by atoms with Gasteiger partial charge in [-0.2, -0.15) is 0 Å². The van der Waals surface area contributed by atoms with Gasteiger partial charge in [-0.15, -0.1) is 0 Å². The molecule has 1 heterocycles. The van der Waals surface area contributed by atoms with Gasteiger partial charge in [0, 0.05) is 13.1 Å². The van der Waals surface area contributed by atoms with Crippen molar-refractivity contribution in [2.24, 2.45) is 29.1 Å². The Bertz CT molecular complexity index is 362. The lowest BCUT2D eigenvalue weighted by Gasteiger charge is -2.22. The summed E-state index contributed by atoms with van der Waals surface area (Å²) in [6.07, 6.45) is 0.545. The molecule has 0 aromatic heterocycles. The molecule has 1 saturated heterocycles. The summed E-state index contributed by atoms with van der Waals surface area (Å²) in [6.45, 7) is 6.20. The van der Waals surface area contributed by atoms with Gasteiger partial charge in [0.05, 0.1) is 11.8 Å². The molecule has 88 valence electrons. The van der Waals surface area contributed by atoms with Crippen LogP contribution in [0.4, 0.5) is 0 Å². The lowest BCUT2D eigenvalue weighted by molar-refractivity contribution is -0.141. The minimum absolute atomic E-state index is 0.0791. The molecule has 3 fully saturated rings. The fourth-order valence-electron chi connectivity index (χ4n) is 3.29. The summed E-state index contributed by atoms with van der Waals surface area (Å²) >= 11 is 0. The number of carbonyl (C=O) groups excluding carboxylic acids is 1. The number of hydrogen-bond acceptors (Lipinski definition) is 2. The van der Waals surface area contributed by atoms with Crippen LogP contribution in [0.3, 0.4) is 0 Å². The highest BCUT2D eigenvalue weighted by Gasteiger charge is 2.64. The zero-order valence-electron chi connectivity index (χ0n) is 9.64. The molecule has 2 aliphatic carbocycles. The molecule has 4 atom stereocenters. The number of likely N-dealkylation sites (tertiary alicyclic amines) is 1. The van der Waals surface area contributed by atoms with Gasteiger partial charge in [-0.05, 0) is 23.7 Å². The van der Waals surface area contributed by atoms with Gasteiger partial charge in [-0.25, -0.2) is 0 Å². The van der Waals surface area contributed by atoms with E-state index in [4.69, 9.17) is 5.11 Å². The number of nitrogens with zero attached hydrogens (tertiary/aromatic N) is 1. The Balaban J connectivity index is 1.58. The predicted molar refractivity (Wildman–Crippen MR) is 56.6 cm³/mol. The van der Waals surface area contributed by atoms with E-state index >= 15 is 0 Å². The topological polar surface area (TPSA) is 57.6 Å². The first-order valence-corrected chi connectivity index (χ1v) is 5.94. The van der Waals surface area contributed by atoms with Crippen LogP contribution in [0.1, 0.15) is 20.3 Å². The number of carbonyl (C=O) groups is 2. The number of aliphatic carboxylic acids is 1. The molecule has 0 spiro atoms. The zero-order chi connectivity index (χ0) is 11.7. The van der Waals surface area contributed by atoms with Gasteiger partial charge in [0.25, 0.3) is 0 Å². The van der Waals surface area contributed by atoms with Gasteiger partial charge in [0.2, 0.25) is 5.91 Å². The summed E-state index contributed by atoms with van der Waals surface area (Å²) in [5.41, 5.74) is 0.409. The monoisotopic (exact) mass is 223 g/mol. The van der Waals surface area contributed by atoms with Gasteiger partial charge in [0.1, 0.15) is 0 Å². The van der Waals surface area contributed by atoms with E-state index in [0.717, 1.165) is 13.1 Å². The van der Waals surface area contributed by atoms with Crippen molar-refractivity contribution in [3.05, 3.63) is 0 Å². The lowest BCUT2D eigenvalue weighted by atomic mass is 10.1. The summed E-state index contributed by atoms with van der Waals surface area (Å²) in [6, 6.07) is 0. The molecule has 1 N–H and O–H groups in total. The number of piperidine rings is 1. The second-order valence-corrected chi connectivity index (χ2v) is 6.06. The molecule has 0 radical (unpaired) electrons. The highest BCUT2D eigenvalue weighted by Crippen LogP contribution is 2.62. The quantitative estimate of drug-likeness (QED) is 0.754. The van der Waals surface area contributed by atoms with Crippen molar-refractivity contribution in [1.82, 2.24) is 4.90 Å². The van der Waals surface area contributed by atoms with Crippen molar-refractivity contribution in [2.45, 2.75) is 20.3 Å². The molecule has 1 aliphatic heterocycles. The first-order chi connectivity index (χ1) is 7.43. The van der Waals surface area contributed by atoms with Crippen molar-refractivity contribution >= 4 is 11.9 Å². The van der Waals surface area contributed by atoms with E-state index < -0.39 is 11.9 Å². The normalized spacial score (nSPS) is 42.8. The number of carboxylic acids is 1. The maximum atomic E-state index is 12.0. The Morgan fingerprint density at radius 2 is 1.75 bits per heavy atom. The fourth-order valence-corrected chi connectivity index (χ4v) is 3.29. The summed E-state index contributed by atoms with van der Waals surface area (Å²) < 4.78 is 0. The van der Waals surface area contributed by atoms with Gasteiger partial charge in [0.15, 0.2) is 0 Å². The minimum Gasteiger partial charge on any atom is -0.481 e. The molecule has 4 heteroatoms. The standard InChI is InChI=1S/C12H17NO3/c1-12(2)8-4-13(5-9(8)12)10(14)6-3-7(6)11(15)16/h6-9H,3-5H2,1-2H3,(H,15,16). The summed E-state index contributed by atoms with van der Waals surface area (Å²) in [5.74, 6) is -0.0639. The first kappa shape index (κ1) is 10.1. The molecule has 4 nitrogen and oxygen atoms in total. The minimum atomic E-state index is -0.817. The Morgan fingerprint density at radius 3 is 2.19 bits per heavy atom. The first-order valence-electron chi connectivity index (χ1n) is 5.94. The molecule has 3 rings (SSSR count). The average Bonchev–Trinajstić information content (AvgIpc) is 3.00. The third kappa shape index (κ3) is 1.22. The molecule has 1 amide bonds. The van der Waals surface area contributed by atoms with E-state index in [-0.39, 0.29) is 11.8 Å². The van der Waals surface area contributed by atoms with E-state index in [9.17, 15) is 9.59 Å². The van der Waals surface area contributed by atoms with Crippen molar-refractivity contribution in [2.75, 3.05) is 13.1 Å². The van der Waals surface area contributed by atoms with Crippen molar-refractivity contribution in [3.63, 3.8) is 0 Å². The number of fused-ring (bicyclic) bond motifs is 1. The van der Waals surface area contributed by atoms with E-state index in [1.165, 1.54) is 0 Å². The number of hydrogen-bond donors (Lipinski definition) is 1. The number of carboxylic acid groups (broad SMARTS) is 1. The molecule has 16 heavy (non-hydrogen) atoms. The Morgan fingerprint density at radius 1 is 1.19 bits per heavy atom. The highest BCUT2D eigenvalue weighted by molar-refractivity contribution is 5.89. The van der Waals surface area contributed by atoms with E-state index in [1.807, 2.05) is 4.90 Å². The van der Waals surface area contributed by atoms with Crippen LogP contribution < -0.4 is 0 Å². The molecule has 2 saturated carbocycles. The second-order valence-electron chi connectivity index (χ2n) is 6.06. The van der Waals surface area contributed by atoms with Gasteiger partial charge in [-0.1, -0.05) is 13.8 Å².